The number of carbonyl (C=O) groups is 1. The van der Waals surface area contributed by atoms with E-state index in [2.05, 4.69) is 12.2 Å². The van der Waals surface area contributed by atoms with Crippen molar-refractivity contribution in [1.29, 1.82) is 0 Å². The second kappa shape index (κ2) is 5.38. The van der Waals surface area contributed by atoms with Crippen molar-refractivity contribution in [3.05, 3.63) is 0 Å². The first-order valence-corrected chi connectivity index (χ1v) is 7.27. The summed E-state index contributed by atoms with van der Waals surface area (Å²) in [5.41, 5.74) is 4.51. The maximum atomic E-state index is 12.3. The normalized spacial score (nSPS) is 43.2. The lowest BCUT2D eigenvalue weighted by atomic mass is 9.76. The standard InChI is InChI=1S/C14H26N2O3/c1-10-4-3-5-13(15,8-10)12(17)16-9-14(18)6-7-19-11(14)2/h10-11,18H,3-9,15H2,1-2H3,(H,16,17). The molecule has 4 atom stereocenters. The minimum Gasteiger partial charge on any atom is -0.385 e. The molecule has 4 unspecified atom stereocenters. The van der Waals surface area contributed by atoms with E-state index in [1.54, 1.807) is 0 Å². The summed E-state index contributed by atoms with van der Waals surface area (Å²) in [5, 5.41) is 13.2. The van der Waals surface area contributed by atoms with Gasteiger partial charge in [0.1, 0.15) is 5.60 Å². The van der Waals surface area contributed by atoms with Crippen molar-refractivity contribution in [3.8, 4) is 0 Å². The number of rotatable bonds is 3. The number of carbonyl (C=O) groups excluding carboxylic acids is 1. The molecule has 4 N–H and O–H groups in total. The Balaban J connectivity index is 1.90. The molecule has 19 heavy (non-hydrogen) atoms. The fourth-order valence-corrected chi connectivity index (χ4v) is 3.21. The van der Waals surface area contributed by atoms with Crippen LogP contribution in [-0.4, -0.2) is 41.4 Å². The molecule has 2 rings (SSSR count). The summed E-state index contributed by atoms with van der Waals surface area (Å²) in [6.07, 6.45) is 3.90. The molecule has 0 aromatic rings. The number of nitrogens with one attached hydrogen (secondary N) is 1. The Bertz CT molecular complexity index is 350. The zero-order valence-corrected chi connectivity index (χ0v) is 11.9. The number of hydrogen-bond acceptors (Lipinski definition) is 4. The highest BCUT2D eigenvalue weighted by molar-refractivity contribution is 5.86. The third kappa shape index (κ3) is 3.09. The Labute approximate surface area is 114 Å². The van der Waals surface area contributed by atoms with Crippen LogP contribution in [0.1, 0.15) is 46.0 Å². The highest BCUT2D eigenvalue weighted by Gasteiger charge is 2.42. The Hall–Kier alpha value is -0.650. The minimum absolute atomic E-state index is 0.133. The summed E-state index contributed by atoms with van der Waals surface area (Å²) in [6.45, 7) is 4.73. The van der Waals surface area contributed by atoms with Crippen LogP contribution in [0.25, 0.3) is 0 Å². The van der Waals surface area contributed by atoms with E-state index in [0.29, 0.717) is 18.9 Å². The molecule has 1 heterocycles. The van der Waals surface area contributed by atoms with E-state index in [0.717, 1.165) is 25.7 Å². The molecule has 0 aromatic carbocycles. The van der Waals surface area contributed by atoms with Crippen molar-refractivity contribution in [1.82, 2.24) is 5.32 Å². The second-order valence-corrected chi connectivity index (χ2v) is 6.41. The van der Waals surface area contributed by atoms with Crippen LogP contribution < -0.4 is 11.1 Å². The van der Waals surface area contributed by atoms with Crippen LogP contribution in [0.2, 0.25) is 0 Å². The van der Waals surface area contributed by atoms with Gasteiger partial charge in [-0.1, -0.05) is 19.8 Å². The Morgan fingerprint density at radius 1 is 1.47 bits per heavy atom. The highest BCUT2D eigenvalue weighted by atomic mass is 16.5. The van der Waals surface area contributed by atoms with Crippen LogP contribution in [-0.2, 0) is 9.53 Å². The zero-order valence-electron chi connectivity index (χ0n) is 11.9. The Morgan fingerprint density at radius 2 is 2.21 bits per heavy atom. The molecular formula is C14H26N2O3. The van der Waals surface area contributed by atoms with Crippen molar-refractivity contribution < 1.29 is 14.6 Å². The van der Waals surface area contributed by atoms with Crippen molar-refractivity contribution in [2.75, 3.05) is 13.2 Å². The number of hydrogen-bond donors (Lipinski definition) is 3. The zero-order chi connectivity index (χ0) is 14.1. The summed E-state index contributed by atoms with van der Waals surface area (Å²) in [5.74, 6) is 0.355. The van der Waals surface area contributed by atoms with E-state index in [1.165, 1.54) is 0 Å². The first kappa shape index (κ1) is 14.8. The van der Waals surface area contributed by atoms with Crippen LogP contribution in [0, 0.1) is 5.92 Å². The molecule has 5 heteroatoms. The van der Waals surface area contributed by atoms with E-state index < -0.39 is 11.1 Å². The van der Waals surface area contributed by atoms with Gasteiger partial charge in [0.15, 0.2) is 0 Å². The molecule has 1 aliphatic heterocycles. The van der Waals surface area contributed by atoms with Gasteiger partial charge < -0.3 is 20.9 Å². The summed E-state index contributed by atoms with van der Waals surface area (Å²) < 4.78 is 5.36. The van der Waals surface area contributed by atoms with Crippen LogP contribution in [0.3, 0.4) is 0 Å². The van der Waals surface area contributed by atoms with Gasteiger partial charge in [0, 0.05) is 19.6 Å². The Kier molecular flexibility index (Phi) is 4.18. The lowest BCUT2D eigenvalue weighted by Gasteiger charge is -2.36. The third-order valence-electron chi connectivity index (χ3n) is 4.70. The molecule has 1 saturated heterocycles. The summed E-state index contributed by atoms with van der Waals surface area (Å²) in [4.78, 5) is 12.3. The van der Waals surface area contributed by atoms with Gasteiger partial charge in [-0.05, 0) is 25.7 Å². The monoisotopic (exact) mass is 270 g/mol. The molecule has 0 bridgehead atoms. The van der Waals surface area contributed by atoms with Crippen LogP contribution in [0.4, 0.5) is 0 Å². The van der Waals surface area contributed by atoms with Gasteiger partial charge in [-0.3, -0.25) is 4.79 Å². The lowest BCUT2D eigenvalue weighted by molar-refractivity contribution is -0.129. The fourth-order valence-electron chi connectivity index (χ4n) is 3.21. The molecule has 1 aliphatic carbocycles. The largest absolute Gasteiger partial charge is 0.385 e. The van der Waals surface area contributed by atoms with Crippen molar-refractivity contribution in [3.63, 3.8) is 0 Å². The highest BCUT2D eigenvalue weighted by Crippen LogP contribution is 2.31. The molecule has 1 saturated carbocycles. The predicted molar refractivity (Wildman–Crippen MR) is 72.5 cm³/mol. The van der Waals surface area contributed by atoms with Gasteiger partial charge in [-0.15, -0.1) is 0 Å². The van der Waals surface area contributed by atoms with E-state index in [1.807, 2.05) is 6.92 Å². The topological polar surface area (TPSA) is 84.6 Å². The first-order chi connectivity index (χ1) is 8.86. The summed E-state index contributed by atoms with van der Waals surface area (Å²) >= 11 is 0. The van der Waals surface area contributed by atoms with Gasteiger partial charge in [-0.25, -0.2) is 0 Å². The van der Waals surface area contributed by atoms with Gasteiger partial charge in [0.05, 0.1) is 11.6 Å². The minimum atomic E-state index is -0.952. The number of nitrogens with two attached hydrogens (primary N) is 1. The van der Waals surface area contributed by atoms with Gasteiger partial charge in [-0.2, -0.15) is 0 Å². The SMILES string of the molecule is CC1CCCC(N)(C(=O)NCC2(O)CCOC2C)C1. The molecule has 0 spiro atoms. The van der Waals surface area contributed by atoms with Crippen LogP contribution in [0.15, 0.2) is 0 Å². The molecule has 110 valence electrons. The van der Waals surface area contributed by atoms with E-state index in [9.17, 15) is 9.90 Å². The van der Waals surface area contributed by atoms with E-state index in [4.69, 9.17) is 10.5 Å². The number of ether oxygens (including phenoxy) is 1. The van der Waals surface area contributed by atoms with Gasteiger partial charge in [0.2, 0.25) is 5.91 Å². The summed E-state index contributed by atoms with van der Waals surface area (Å²) in [7, 11) is 0. The molecule has 2 fully saturated rings. The first-order valence-electron chi connectivity index (χ1n) is 7.27. The summed E-state index contributed by atoms with van der Waals surface area (Å²) in [6, 6.07) is 0. The maximum Gasteiger partial charge on any atom is 0.240 e. The molecular weight excluding hydrogens is 244 g/mol. The van der Waals surface area contributed by atoms with Crippen LogP contribution in [0.5, 0.6) is 0 Å². The number of aliphatic hydroxyl groups is 1. The maximum absolute atomic E-state index is 12.3. The lowest BCUT2D eigenvalue weighted by Crippen LogP contribution is -2.59. The average molecular weight is 270 g/mol. The molecule has 0 aromatic heterocycles. The molecule has 5 nitrogen and oxygen atoms in total. The fraction of sp³-hybridized carbons (Fsp3) is 0.929. The number of amides is 1. The second-order valence-electron chi connectivity index (χ2n) is 6.41. The van der Waals surface area contributed by atoms with Crippen LogP contribution >= 0.6 is 0 Å². The van der Waals surface area contributed by atoms with Gasteiger partial charge >= 0.3 is 0 Å². The quantitative estimate of drug-likeness (QED) is 0.699. The predicted octanol–water partition coefficient (Wildman–Crippen LogP) is 0.550. The van der Waals surface area contributed by atoms with E-state index in [-0.39, 0.29) is 18.6 Å². The smallest absolute Gasteiger partial charge is 0.240 e. The molecule has 2 aliphatic rings. The average Bonchev–Trinajstić information content (AvgIpc) is 2.67. The molecule has 0 radical (unpaired) electrons. The van der Waals surface area contributed by atoms with Gasteiger partial charge in [0.25, 0.3) is 0 Å². The van der Waals surface area contributed by atoms with Crippen molar-refractivity contribution >= 4 is 5.91 Å². The molecule has 1 amide bonds. The third-order valence-corrected chi connectivity index (χ3v) is 4.70. The Morgan fingerprint density at radius 3 is 2.79 bits per heavy atom. The van der Waals surface area contributed by atoms with Crippen molar-refractivity contribution in [2.45, 2.75) is 63.2 Å². The van der Waals surface area contributed by atoms with E-state index >= 15 is 0 Å². The van der Waals surface area contributed by atoms with Crippen molar-refractivity contribution in [2.24, 2.45) is 11.7 Å².